The van der Waals surface area contributed by atoms with E-state index < -0.39 is 23.6 Å². The van der Waals surface area contributed by atoms with Crippen molar-refractivity contribution >= 4 is 17.0 Å². The highest BCUT2D eigenvalue weighted by Gasteiger charge is 2.15. The average Bonchev–Trinajstić information content (AvgIpc) is 2.32. The van der Waals surface area contributed by atoms with Crippen molar-refractivity contribution in [2.75, 3.05) is 0 Å². The second kappa shape index (κ2) is 3.62. The maximum atomic E-state index is 10.6. The normalized spacial score (nSPS) is 12.8. The molecule has 1 aromatic heterocycles. The summed E-state index contributed by atoms with van der Waals surface area (Å²) in [5.74, 6) is -0.825. The van der Waals surface area contributed by atoms with Crippen molar-refractivity contribution in [1.82, 2.24) is 14.8 Å². The molecule has 0 radical (unpaired) electrons. The van der Waals surface area contributed by atoms with Crippen molar-refractivity contribution < 1.29 is 18.7 Å². The summed E-state index contributed by atoms with van der Waals surface area (Å²) < 4.78 is 20.4. The van der Waals surface area contributed by atoms with E-state index in [1.807, 2.05) is 0 Å². The maximum Gasteiger partial charge on any atom is 0.323 e. The van der Waals surface area contributed by atoms with Crippen LogP contribution in [0.5, 0.6) is 0 Å². The molecule has 0 aliphatic carbocycles. The van der Waals surface area contributed by atoms with Crippen LogP contribution in [0.25, 0.3) is 0 Å². The Bertz CT molecular complexity index is 361. The third kappa shape index (κ3) is 2.10. The van der Waals surface area contributed by atoms with Crippen LogP contribution >= 0.6 is 0 Å². The molecule has 0 amide bonds. The third-order valence-electron chi connectivity index (χ3n) is 1.35. The summed E-state index contributed by atoms with van der Waals surface area (Å²) in [6.07, 6.45) is 0. The van der Waals surface area contributed by atoms with Crippen LogP contribution in [-0.4, -0.2) is 34.6 Å². The van der Waals surface area contributed by atoms with Gasteiger partial charge in [-0.25, -0.2) is 4.21 Å². The molecular formula is C5H7N3O4S. The molecule has 0 aliphatic heterocycles. The minimum atomic E-state index is -2.31. The molecular weight excluding hydrogens is 198 g/mol. The number of nitrogens with zero attached hydrogens (tertiary/aromatic N) is 3. The molecule has 0 aliphatic rings. The van der Waals surface area contributed by atoms with Crippen molar-refractivity contribution in [2.24, 2.45) is 0 Å². The van der Waals surface area contributed by atoms with Gasteiger partial charge in [-0.1, -0.05) is 0 Å². The van der Waals surface area contributed by atoms with Crippen LogP contribution < -0.4 is 0 Å². The monoisotopic (exact) mass is 205 g/mol. The number of carboxylic acid groups (broad SMARTS) is 1. The summed E-state index contributed by atoms with van der Waals surface area (Å²) in [5, 5.41) is 15.1. The van der Waals surface area contributed by atoms with Gasteiger partial charge in [0.2, 0.25) is 16.2 Å². The molecule has 8 heteroatoms. The smallest absolute Gasteiger partial charge is 0.323 e. The first-order valence-corrected chi connectivity index (χ1v) is 4.35. The Morgan fingerprint density at radius 1 is 1.62 bits per heavy atom. The van der Waals surface area contributed by atoms with E-state index in [1.54, 1.807) is 0 Å². The maximum absolute atomic E-state index is 10.6. The van der Waals surface area contributed by atoms with Gasteiger partial charge in [0.25, 0.3) is 0 Å². The Morgan fingerprint density at radius 2 is 2.23 bits per heavy atom. The van der Waals surface area contributed by atoms with E-state index in [4.69, 9.17) is 9.66 Å². The van der Waals surface area contributed by atoms with E-state index in [2.05, 4.69) is 10.2 Å². The van der Waals surface area contributed by atoms with Crippen LogP contribution in [0.1, 0.15) is 5.82 Å². The predicted molar refractivity (Wildman–Crippen MR) is 41.4 cm³/mol. The lowest BCUT2D eigenvalue weighted by molar-refractivity contribution is -0.137. The van der Waals surface area contributed by atoms with Gasteiger partial charge in [0.15, 0.2) is 0 Å². The topological polar surface area (TPSA) is 105 Å². The summed E-state index contributed by atoms with van der Waals surface area (Å²) in [5.41, 5.74) is 0. The van der Waals surface area contributed by atoms with Crippen molar-refractivity contribution in [3.05, 3.63) is 5.82 Å². The van der Waals surface area contributed by atoms with Gasteiger partial charge in [-0.15, -0.1) is 10.2 Å². The van der Waals surface area contributed by atoms with Crippen LogP contribution in [0, 0.1) is 6.92 Å². The van der Waals surface area contributed by atoms with Gasteiger partial charge < -0.3 is 5.11 Å². The average molecular weight is 205 g/mol. The first-order valence-electron chi connectivity index (χ1n) is 3.25. The molecule has 13 heavy (non-hydrogen) atoms. The van der Waals surface area contributed by atoms with Gasteiger partial charge in [0, 0.05) is 0 Å². The van der Waals surface area contributed by atoms with Gasteiger partial charge in [-0.3, -0.25) is 13.9 Å². The van der Waals surface area contributed by atoms with Crippen molar-refractivity contribution in [3.63, 3.8) is 0 Å². The number of aliphatic carboxylic acids is 1. The molecule has 2 N–H and O–H groups in total. The number of hydrogen-bond donors (Lipinski definition) is 2. The Morgan fingerprint density at radius 3 is 2.69 bits per heavy atom. The summed E-state index contributed by atoms with van der Waals surface area (Å²) >= 11 is -2.31. The number of aryl methyl sites for hydroxylation is 1. The second-order valence-electron chi connectivity index (χ2n) is 2.26. The van der Waals surface area contributed by atoms with Crippen LogP contribution in [-0.2, 0) is 22.4 Å². The molecule has 1 rings (SSSR count). The van der Waals surface area contributed by atoms with Crippen molar-refractivity contribution in [1.29, 1.82) is 0 Å². The minimum Gasteiger partial charge on any atom is -0.480 e. The molecule has 72 valence electrons. The highest BCUT2D eigenvalue weighted by Crippen LogP contribution is 2.03. The molecule has 0 fully saturated rings. The van der Waals surface area contributed by atoms with Crippen molar-refractivity contribution in [3.8, 4) is 0 Å². The first kappa shape index (κ1) is 9.81. The number of rotatable bonds is 3. The van der Waals surface area contributed by atoms with E-state index in [0.717, 1.165) is 4.57 Å². The summed E-state index contributed by atoms with van der Waals surface area (Å²) in [6.45, 7) is 1.09. The van der Waals surface area contributed by atoms with Gasteiger partial charge >= 0.3 is 5.97 Å². The molecule has 1 unspecified atom stereocenters. The zero-order valence-corrected chi connectivity index (χ0v) is 7.48. The van der Waals surface area contributed by atoms with E-state index in [9.17, 15) is 9.00 Å². The van der Waals surface area contributed by atoms with E-state index >= 15 is 0 Å². The number of aromatic nitrogens is 3. The Hall–Kier alpha value is -1.28. The molecule has 0 aromatic carbocycles. The zero-order chi connectivity index (χ0) is 10.0. The van der Waals surface area contributed by atoms with E-state index in [0.29, 0.717) is 5.82 Å². The third-order valence-corrected chi connectivity index (χ3v) is 1.97. The number of hydrogen-bond acceptors (Lipinski definition) is 4. The second-order valence-corrected chi connectivity index (χ2v) is 3.12. The SMILES string of the molecule is Cc1nnc(S(=O)O)n1CC(=O)O. The van der Waals surface area contributed by atoms with E-state index in [1.165, 1.54) is 6.92 Å². The molecule has 1 heterocycles. The minimum absolute atomic E-state index is 0.250. The summed E-state index contributed by atoms with van der Waals surface area (Å²) in [4.78, 5) is 10.3. The molecule has 1 aromatic rings. The molecule has 7 nitrogen and oxygen atoms in total. The highest BCUT2D eigenvalue weighted by atomic mass is 32.2. The Labute approximate surface area is 75.7 Å². The molecule has 1 atom stereocenters. The largest absolute Gasteiger partial charge is 0.480 e. The quantitative estimate of drug-likeness (QED) is 0.629. The molecule has 0 bridgehead atoms. The highest BCUT2D eigenvalue weighted by molar-refractivity contribution is 7.79. The zero-order valence-electron chi connectivity index (χ0n) is 6.67. The predicted octanol–water partition coefficient (Wildman–Crippen LogP) is -0.748. The Balaban J connectivity index is 3.08. The van der Waals surface area contributed by atoms with E-state index in [-0.39, 0.29) is 5.16 Å². The number of carboxylic acids is 1. The lowest BCUT2D eigenvalue weighted by Gasteiger charge is -2.00. The van der Waals surface area contributed by atoms with Crippen LogP contribution in [0.3, 0.4) is 0 Å². The van der Waals surface area contributed by atoms with Gasteiger partial charge in [-0.05, 0) is 6.92 Å². The van der Waals surface area contributed by atoms with Gasteiger partial charge in [0.05, 0.1) is 0 Å². The van der Waals surface area contributed by atoms with Crippen LogP contribution in [0.4, 0.5) is 0 Å². The van der Waals surface area contributed by atoms with Gasteiger partial charge in [-0.2, -0.15) is 0 Å². The number of carbonyl (C=O) groups is 1. The fourth-order valence-corrected chi connectivity index (χ4v) is 1.30. The Kier molecular flexibility index (Phi) is 2.73. The van der Waals surface area contributed by atoms with Crippen molar-refractivity contribution in [2.45, 2.75) is 18.6 Å². The fourth-order valence-electron chi connectivity index (χ4n) is 0.808. The summed E-state index contributed by atoms with van der Waals surface area (Å²) in [7, 11) is 0. The summed E-state index contributed by atoms with van der Waals surface area (Å²) in [6, 6.07) is 0. The first-order chi connectivity index (χ1) is 6.02. The fraction of sp³-hybridized carbons (Fsp3) is 0.400. The van der Waals surface area contributed by atoms with Crippen LogP contribution in [0.15, 0.2) is 5.16 Å². The standard InChI is InChI=1S/C5H7N3O4S/c1-3-6-7-5(13(11)12)8(3)2-4(9)10/h2H2,1H3,(H,9,10)(H,11,12). The van der Waals surface area contributed by atoms with Crippen LogP contribution in [0.2, 0.25) is 0 Å². The lowest BCUT2D eigenvalue weighted by atomic mass is 10.6. The molecule has 0 saturated heterocycles. The molecule has 0 spiro atoms. The lowest BCUT2D eigenvalue weighted by Crippen LogP contribution is -2.13. The molecule has 0 saturated carbocycles. The van der Waals surface area contributed by atoms with Gasteiger partial charge in [0.1, 0.15) is 12.4 Å².